The molecule has 0 fully saturated rings. The Morgan fingerprint density at radius 1 is 1.26 bits per heavy atom. The van der Waals surface area contributed by atoms with Gasteiger partial charge in [-0.05, 0) is 6.07 Å². The second-order valence-corrected chi connectivity index (χ2v) is 5.64. The molecule has 1 aromatic rings. The third-order valence-corrected chi connectivity index (χ3v) is 4.07. The molecule has 0 radical (unpaired) electrons. The smallest absolute Gasteiger partial charge is 0.127 e. The highest BCUT2D eigenvalue weighted by atomic mass is 32.2. The summed E-state index contributed by atoms with van der Waals surface area (Å²) in [5.41, 5.74) is 6.91. The van der Waals surface area contributed by atoms with E-state index < -0.39 is 10.8 Å². The normalized spacial score (nSPS) is 13.9. The van der Waals surface area contributed by atoms with Crippen molar-refractivity contribution in [2.75, 3.05) is 39.4 Å². The predicted molar refractivity (Wildman–Crippen MR) is 76.2 cm³/mol. The Bertz CT molecular complexity index is 425. The first-order chi connectivity index (χ1) is 9.12. The molecule has 0 amide bonds. The van der Waals surface area contributed by atoms with E-state index in [1.54, 1.807) is 27.4 Å². The van der Waals surface area contributed by atoms with Gasteiger partial charge < -0.3 is 19.9 Å². The zero-order chi connectivity index (χ0) is 14.3. The van der Waals surface area contributed by atoms with Crippen molar-refractivity contribution in [2.24, 2.45) is 5.73 Å². The van der Waals surface area contributed by atoms with E-state index in [0.29, 0.717) is 29.6 Å². The summed E-state index contributed by atoms with van der Waals surface area (Å²) in [5, 5.41) is 0. The molecule has 0 aliphatic rings. The molecule has 2 atom stereocenters. The minimum atomic E-state index is -1.00. The first-order valence-corrected chi connectivity index (χ1v) is 7.42. The number of methoxy groups -OCH3 is 3. The van der Waals surface area contributed by atoms with E-state index >= 15 is 0 Å². The van der Waals surface area contributed by atoms with Crippen molar-refractivity contribution in [1.82, 2.24) is 0 Å². The molecule has 2 N–H and O–H groups in total. The van der Waals surface area contributed by atoms with Crippen LogP contribution in [0.3, 0.4) is 0 Å². The van der Waals surface area contributed by atoms with Crippen LogP contribution in [0.15, 0.2) is 18.2 Å². The highest BCUT2D eigenvalue weighted by Crippen LogP contribution is 2.28. The van der Waals surface area contributed by atoms with Crippen LogP contribution in [0.4, 0.5) is 0 Å². The summed E-state index contributed by atoms with van der Waals surface area (Å²) in [5.74, 6) is 2.22. The standard InChI is InChI=1S/C13H21NO4S/c1-16-6-7-19(15)9-12(14)11-5-4-10(17-2)8-13(11)18-3/h4-5,8,12H,6-7,9,14H2,1-3H3. The van der Waals surface area contributed by atoms with Gasteiger partial charge in [0.25, 0.3) is 0 Å². The van der Waals surface area contributed by atoms with Crippen LogP contribution < -0.4 is 15.2 Å². The Hall–Kier alpha value is -1.11. The zero-order valence-corrected chi connectivity index (χ0v) is 12.4. The van der Waals surface area contributed by atoms with Crippen LogP contribution in [0.1, 0.15) is 11.6 Å². The molecule has 2 unspecified atom stereocenters. The average molecular weight is 287 g/mol. The zero-order valence-electron chi connectivity index (χ0n) is 11.5. The molecule has 108 valence electrons. The van der Waals surface area contributed by atoms with Gasteiger partial charge in [-0.25, -0.2) is 0 Å². The maximum Gasteiger partial charge on any atom is 0.127 e. The van der Waals surface area contributed by atoms with Crippen molar-refractivity contribution < 1.29 is 18.4 Å². The lowest BCUT2D eigenvalue weighted by Gasteiger charge is -2.16. The first kappa shape index (κ1) is 15.9. The summed E-state index contributed by atoms with van der Waals surface area (Å²) in [6, 6.07) is 5.09. The lowest BCUT2D eigenvalue weighted by molar-refractivity contribution is 0.218. The molecule has 0 aliphatic carbocycles. The summed E-state index contributed by atoms with van der Waals surface area (Å²) < 4.78 is 27.1. The topological polar surface area (TPSA) is 70.8 Å². The second-order valence-electron chi connectivity index (χ2n) is 4.02. The highest BCUT2D eigenvalue weighted by molar-refractivity contribution is 7.85. The fourth-order valence-electron chi connectivity index (χ4n) is 1.67. The van der Waals surface area contributed by atoms with E-state index in [4.69, 9.17) is 19.9 Å². The molecule has 1 aromatic carbocycles. The Balaban J connectivity index is 2.75. The fraction of sp³-hybridized carbons (Fsp3) is 0.538. The summed E-state index contributed by atoms with van der Waals surface area (Å²) in [4.78, 5) is 0. The minimum Gasteiger partial charge on any atom is -0.497 e. The molecule has 0 saturated heterocycles. The van der Waals surface area contributed by atoms with E-state index in [1.807, 2.05) is 12.1 Å². The van der Waals surface area contributed by atoms with Gasteiger partial charge in [-0.3, -0.25) is 4.21 Å². The van der Waals surface area contributed by atoms with Crippen molar-refractivity contribution in [1.29, 1.82) is 0 Å². The largest absolute Gasteiger partial charge is 0.497 e. The maximum atomic E-state index is 11.8. The third kappa shape index (κ3) is 4.81. The number of benzene rings is 1. The maximum absolute atomic E-state index is 11.8. The SMILES string of the molecule is COCCS(=O)CC(N)c1ccc(OC)cc1OC. The molecule has 0 aliphatic heterocycles. The average Bonchev–Trinajstić information content (AvgIpc) is 2.44. The van der Waals surface area contributed by atoms with Crippen LogP contribution >= 0.6 is 0 Å². The minimum absolute atomic E-state index is 0.335. The number of rotatable bonds is 8. The molecule has 6 heteroatoms. The molecule has 0 heterocycles. The van der Waals surface area contributed by atoms with Gasteiger partial charge in [0.1, 0.15) is 11.5 Å². The molecular weight excluding hydrogens is 266 g/mol. The van der Waals surface area contributed by atoms with Crippen LogP contribution in [0.25, 0.3) is 0 Å². The molecule has 19 heavy (non-hydrogen) atoms. The van der Waals surface area contributed by atoms with Crippen molar-refractivity contribution >= 4 is 10.8 Å². The van der Waals surface area contributed by atoms with Gasteiger partial charge in [-0.15, -0.1) is 0 Å². The molecule has 0 spiro atoms. The Morgan fingerprint density at radius 3 is 2.58 bits per heavy atom. The summed E-state index contributed by atoms with van der Waals surface area (Å²) in [6.07, 6.45) is 0. The van der Waals surface area contributed by atoms with Gasteiger partial charge in [0.15, 0.2) is 0 Å². The van der Waals surface area contributed by atoms with Crippen molar-refractivity contribution in [3.05, 3.63) is 23.8 Å². The Labute approximate surface area is 116 Å². The molecule has 0 saturated carbocycles. The van der Waals surface area contributed by atoms with Gasteiger partial charge in [0.05, 0.1) is 20.8 Å². The lowest BCUT2D eigenvalue weighted by Crippen LogP contribution is -2.21. The van der Waals surface area contributed by atoms with Gasteiger partial charge in [-0.1, -0.05) is 6.07 Å². The summed E-state index contributed by atoms with van der Waals surface area (Å²) in [6.45, 7) is 0.471. The number of hydrogen-bond acceptors (Lipinski definition) is 5. The highest BCUT2D eigenvalue weighted by Gasteiger charge is 2.15. The molecular formula is C13H21NO4S. The molecule has 5 nitrogen and oxygen atoms in total. The van der Waals surface area contributed by atoms with Gasteiger partial charge in [-0.2, -0.15) is 0 Å². The van der Waals surface area contributed by atoms with E-state index in [-0.39, 0.29) is 6.04 Å². The van der Waals surface area contributed by atoms with E-state index in [9.17, 15) is 4.21 Å². The third-order valence-electron chi connectivity index (χ3n) is 2.72. The molecule has 0 aromatic heterocycles. The number of ether oxygens (including phenoxy) is 3. The Morgan fingerprint density at radius 2 is 2.00 bits per heavy atom. The quantitative estimate of drug-likeness (QED) is 0.775. The van der Waals surface area contributed by atoms with E-state index in [0.717, 1.165) is 5.56 Å². The van der Waals surface area contributed by atoms with Crippen LogP contribution in [-0.4, -0.2) is 43.7 Å². The van der Waals surface area contributed by atoms with Crippen LogP contribution in [0.2, 0.25) is 0 Å². The summed E-state index contributed by atoms with van der Waals surface area (Å²) >= 11 is 0. The van der Waals surface area contributed by atoms with E-state index in [1.165, 1.54) is 0 Å². The number of hydrogen-bond donors (Lipinski definition) is 1. The first-order valence-electron chi connectivity index (χ1n) is 5.93. The second kappa shape index (κ2) is 8.14. The van der Waals surface area contributed by atoms with Crippen LogP contribution in [-0.2, 0) is 15.5 Å². The van der Waals surface area contributed by atoms with Crippen molar-refractivity contribution in [3.63, 3.8) is 0 Å². The van der Waals surface area contributed by atoms with Gasteiger partial charge in [0, 0.05) is 47.1 Å². The summed E-state index contributed by atoms with van der Waals surface area (Å²) in [7, 11) is 3.75. The van der Waals surface area contributed by atoms with Gasteiger partial charge in [0.2, 0.25) is 0 Å². The Kier molecular flexibility index (Phi) is 6.83. The van der Waals surface area contributed by atoms with Gasteiger partial charge >= 0.3 is 0 Å². The van der Waals surface area contributed by atoms with Crippen molar-refractivity contribution in [2.45, 2.75) is 6.04 Å². The number of nitrogens with two attached hydrogens (primary N) is 1. The van der Waals surface area contributed by atoms with Crippen molar-refractivity contribution in [3.8, 4) is 11.5 Å². The predicted octanol–water partition coefficient (Wildman–Crippen LogP) is 1.10. The lowest BCUT2D eigenvalue weighted by atomic mass is 10.1. The van der Waals surface area contributed by atoms with Crippen LogP contribution in [0.5, 0.6) is 11.5 Å². The molecule has 1 rings (SSSR count). The molecule has 0 bridgehead atoms. The van der Waals surface area contributed by atoms with Crippen LogP contribution in [0, 0.1) is 0 Å². The monoisotopic (exact) mass is 287 g/mol. The fourth-order valence-corrected chi connectivity index (χ4v) is 2.77. The van der Waals surface area contributed by atoms with E-state index in [2.05, 4.69) is 0 Å².